The summed E-state index contributed by atoms with van der Waals surface area (Å²) in [5, 5.41) is 18.6. The summed E-state index contributed by atoms with van der Waals surface area (Å²) in [5.74, 6) is -0.479. The molecule has 11 heteroatoms. The number of alkyl carbamates (subject to hydrolysis) is 1. The molecule has 2 rings (SSSR count). The lowest BCUT2D eigenvalue weighted by atomic mass is 9.98. The van der Waals surface area contributed by atoms with Gasteiger partial charge in [-0.05, 0) is 20.8 Å². The zero-order valence-corrected chi connectivity index (χ0v) is 17.3. The topological polar surface area (TPSA) is 122 Å². The molecule has 0 aromatic heterocycles. The molecule has 2 saturated heterocycles. The van der Waals surface area contributed by atoms with Crippen LogP contribution in [0.2, 0.25) is 0 Å². The van der Waals surface area contributed by atoms with Gasteiger partial charge in [-0.25, -0.2) is 9.69 Å². The number of hydrogen-bond donors (Lipinski definition) is 2. The third-order valence-corrected chi connectivity index (χ3v) is 4.26. The van der Waals surface area contributed by atoms with Crippen molar-refractivity contribution in [3.05, 3.63) is 12.7 Å². The Labute approximate surface area is 170 Å². The summed E-state index contributed by atoms with van der Waals surface area (Å²) < 4.78 is 9.97. The molecule has 0 saturated carbocycles. The second kappa shape index (κ2) is 10.0. The van der Waals surface area contributed by atoms with Crippen molar-refractivity contribution in [1.82, 2.24) is 15.3 Å². The summed E-state index contributed by atoms with van der Waals surface area (Å²) >= 11 is 0. The number of aliphatic hydroxyl groups excluding tert-OH is 1. The van der Waals surface area contributed by atoms with Crippen molar-refractivity contribution < 1.29 is 33.8 Å². The van der Waals surface area contributed by atoms with Crippen LogP contribution in [0.5, 0.6) is 0 Å². The van der Waals surface area contributed by atoms with Crippen molar-refractivity contribution in [2.75, 3.05) is 33.4 Å². The first-order valence-corrected chi connectivity index (χ1v) is 9.37. The summed E-state index contributed by atoms with van der Waals surface area (Å²) in [4.78, 5) is 36.2. The Morgan fingerprint density at radius 1 is 1.41 bits per heavy atom. The van der Waals surface area contributed by atoms with Crippen molar-refractivity contribution in [2.24, 2.45) is 5.16 Å². The molecule has 2 fully saturated rings. The molecule has 2 aliphatic heterocycles. The van der Waals surface area contributed by atoms with Crippen LogP contribution >= 0.6 is 0 Å². The van der Waals surface area contributed by atoms with Crippen LogP contribution in [0, 0.1) is 0 Å². The van der Waals surface area contributed by atoms with E-state index in [2.05, 4.69) is 17.1 Å². The van der Waals surface area contributed by atoms with Gasteiger partial charge < -0.3 is 24.7 Å². The third kappa shape index (κ3) is 6.13. The van der Waals surface area contributed by atoms with Crippen LogP contribution in [0.4, 0.5) is 4.79 Å². The molecule has 11 nitrogen and oxygen atoms in total. The van der Waals surface area contributed by atoms with Crippen molar-refractivity contribution in [1.29, 1.82) is 0 Å². The summed E-state index contributed by atoms with van der Waals surface area (Å²) in [6.45, 7) is 9.74. The average Bonchev–Trinajstić information content (AvgIpc) is 2.91. The molecule has 2 unspecified atom stereocenters. The van der Waals surface area contributed by atoms with Gasteiger partial charge in [-0.1, -0.05) is 11.2 Å². The van der Waals surface area contributed by atoms with E-state index in [4.69, 9.17) is 19.1 Å². The quantitative estimate of drug-likeness (QED) is 0.248. The Kier molecular flexibility index (Phi) is 7.96. The Hall–Kier alpha value is -2.21. The molecule has 1 amide bonds. The fourth-order valence-corrected chi connectivity index (χ4v) is 3.06. The molecule has 0 aliphatic carbocycles. The molecule has 0 aromatic rings. The van der Waals surface area contributed by atoms with Crippen molar-refractivity contribution in [2.45, 2.75) is 51.2 Å². The lowest BCUT2D eigenvalue weighted by Crippen LogP contribution is -2.50. The number of esters is 1. The smallest absolute Gasteiger partial charge is 0.407 e. The van der Waals surface area contributed by atoms with E-state index in [0.29, 0.717) is 12.3 Å². The van der Waals surface area contributed by atoms with Crippen LogP contribution in [0.25, 0.3) is 0 Å². The standard InChI is InChI=1S/C18H30N4O7/c1-6-8-28-22-14-11-21(17(22)25)13(15(23)26-5)10-12(14)20-27-9-7-19-16(24)29-18(2,3)4/h6,13-14,17,25H,1,7-11H2,2-5H3,(H,19,24)/b20-12-/t13-,14-,17?/m0/s1. The number of ether oxygens (including phenoxy) is 2. The van der Waals surface area contributed by atoms with E-state index >= 15 is 0 Å². The maximum absolute atomic E-state index is 12.1. The number of carbonyl (C=O) groups is 2. The molecule has 2 bridgehead atoms. The van der Waals surface area contributed by atoms with Crippen LogP contribution in [0.1, 0.15) is 27.2 Å². The molecule has 164 valence electrons. The van der Waals surface area contributed by atoms with Gasteiger partial charge in [-0.15, -0.1) is 11.6 Å². The number of fused-ring (bicyclic) bond motifs is 2. The lowest BCUT2D eigenvalue weighted by molar-refractivity contribution is -0.248. The minimum Gasteiger partial charge on any atom is -0.468 e. The van der Waals surface area contributed by atoms with E-state index in [1.54, 1.807) is 31.7 Å². The molecule has 29 heavy (non-hydrogen) atoms. The first kappa shape index (κ1) is 23.1. The van der Waals surface area contributed by atoms with Crippen molar-refractivity contribution in [3.63, 3.8) is 0 Å². The summed E-state index contributed by atoms with van der Waals surface area (Å²) in [6.07, 6.45) is 0.112. The zero-order chi connectivity index (χ0) is 21.6. The van der Waals surface area contributed by atoms with Gasteiger partial charge in [0, 0.05) is 13.0 Å². The number of hydroxylamine groups is 2. The summed E-state index contributed by atoms with van der Waals surface area (Å²) in [5.41, 5.74) is -0.0465. The zero-order valence-electron chi connectivity index (χ0n) is 17.3. The van der Waals surface area contributed by atoms with Crippen LogP contribution in [0.15, 0.2) is 17.8 Å². The predicted molar refractivity (Wildman–Crippen MR) is 103 cm³/mol. The molecule has 0 radical (unpaired) electrons. The van der Waals surface area contributed by atoms with E-state index in [0.717, 1.165) is 0 Å². The van der Waals surface area contributed by atoms with Gasteiger partial charge in [-0.3, -0.25) is 9.63 Å². The monoisotopic (exact) mass is 414 g/mol. The van der Waals surface area contributed by atoms with E-state index in [9.17, 15) is 14.7 Å². The predicted octanol–water partition coefficient (Wildman–Crippen LogP) is 0.209. The number of oxime groups is 1. The van der Waals surface area contributed by atoms with Gasteiger partial charge in [0.2, 0.25) is 0 Å². The first-order chi connectivity index (χ1) is 13.7. The maximum Gasteiger partial charge on any atom is 0.407 e. The molecule has 0 aromatic carbocycles. The van der Waals surface area contributed by atoms with Crippen molar-refractivity contribution >= 4 is 17.8 Å². The van der Waals surface area contributed by atoms with Gasteiger partial charge in [0.15, 0.2) is 6.35 Å². The second-order valence-electron chi connectivity index (χ2n) is 7.59. The number of piperidine rings is 1. The Balaban J connectivity index is 1.97. The van der Waals surface area contributed by atoms with E-state index in [-0.39, 0.29) is 32.2 Å². The highest BCUT2D eigenvalue weighted by Gasteiger charge is 2.52. The fourth-order valence-electron chi connectivity index (χ4n) is 3.06. The molecule has 0 spiro atoms. The lowest BCUT2D eigenvalue weighted by Gasteiger charge is -2.30. The first-order valence-electron chi connectivity index (χ1n) is 9.37. The minimum absolute atomic E-state index is 0.109. The van der Waals surface area contributed by atoms with E-state index < -0.39 is 30.1 Å². The third-order valence-electron chi connectivity index (χ3n) is 4.26. The number of hydrogen-bond acceptors (Lipinski definition) is 10. The SMILES string of the molecule is C=CCON1C(O)N2C[C@H]1/C(=N\OCCNC(=O)OC(C)(C)C)C[C@H]2C(=O)OC. The number of amides is 1. The van der Waals surface area contributed by atoms with Crippen molar-refractivity contribution in [3.8, 4) is 0 Å². The van der Waals surface area contributed by atoms with Gasteiger partial charge in [-0.2, -0.15) is 0 Å². The highest BCUT2D eigenvalue weighted by molar-refractivity contribution is 5.95. The highest BCUT2D eigenvalue weighted by atomic mass is 16.7. The summed E-state index contributed by atoms with van der Waals surface area (Å²) in [6, 6.07) is -1.09. The van der Waals surface area contributed by atoms with Crippen LogP contribution in [-0.2, 0) is 23.9 Å². The maximum atomic E-state index is 12.1. The number of carbonyl (C=O) groups excluding carboxylic acids is 2. The number of nitrogens with zero attached hydrogens (tertiary/aromatic N) is 3. The highest BCUT2D eigenvalue weighted by Crippen LogP contribution is 2.31. The molecule has 2 heterocycles. The van der Waals surface area contributed by atoms with Crippen LogP contribution in [-0.4, -0.2) is 90.3 Å². The summed E-state index contributed by atoms with van der Waals surface area (Å²) in [7, 11) is 1.29. The average molecular weight is 414 g/mol. The molecular weight excluding hydrogens is 384 g/mol. The van der Waals surface area contributed by atoms with Gasteiger partial charge in [0.25, 0.3) is 0 Å². The number of methoxy groups -OCH3 is 1. The number of rotatable bonds is 8. The number of nitrogens with one attached hydrogen (secondary N) is 1. The molecule has 2 N–H and O–H groups in total. The normalized spacial score (nSPS) is 28.1. The van der Waals surface area contributed by atoms with Crippen LogP contribution in [0.3, 0.4) is 0 Å². The Morgan fingerprint density at radius 3 is 2.76 bits per heavy atom. The molecule has 2 aliphatic rings. The number of aliphatic hydroxyl groups is 1. The second-order valence-corrected chi connectivity index (χ2v) is 7.59. The largest absolute Gasteiger partial charge is 0.468 e. The van der Waals surface area contributed by atoms with Gasteiger partial charge in [0.1, 0.15) is 18.2 Å². The molecular formula is C18H30N4O7. The Bertz CT molecular complexity index is 634. The van der Waals surface area contributed by atoms with E-state index in [1.807, 2.05) is 0 Å². The van der Waals surface area contributed by atoms with Gasteiger partial charge in [0.05, 0.1) is 32.0 Å². The molecule has 4 atom stereocenters. The Morgan fingerprint density at radius 2 is 2.14 bits per heavy atom. The van der Waals surface area contributed by atoms with Gasteiger partial charge >= 0.3 is 12.1 Å². The fraction of sp³-hybridized carbons (Fsp3) is 0.722. The minimum atomic E-state index is -1.12. The van der Waals surface area contributed by atoms with Crippen LogP contribution < -0.4 is 5.32 Å². The van der Waals surface area contributed by atoms with E-state index in [1.165, 1.54) is 12.2 Å².